The zero-order valence-electron chi connectivity index (χ0n) is 12.6. The van der Waals surface area contributed by atoms with Crippen molar-refractivity contribution in [2.45, 2.75) is 32.6 Å². The molecule has 112 valence electrons. The van der Waals surface area contributed by atoms with Gasteiger partial charge in [-0.15, -0.1) is 0 Å². The Morgan fingerprint density at radius 1 is 0.952 bits per heavy atom. The van der Waals surface area contributed by atoms with Crippen LogP contribution in [0.1, 0.15) is 43.7 Å². The average Bonchev–Trinajstić information content (AvgIpc) is 2.48. The molecule has 2 nitrogen and oxygen atoms in total. The van der Waals surface area contributed by atoms with E-state index in [4.69, 9.17) is 16.7 Å². The van der Waals surface area contributed by atoms with Gasteiger partial charge in [0.1, 0.15) is 0 Å². The molecule has 0 radical (unpaired) electrons. The molecule has 0 aliphatic heterocycles. The number of carboxylic acids is 1. The largest absolute Gasteiger partial charge is 0.481 e. The zero-order valence-corrected chi connectivity index (χ0v) is 13.3. The van der Waals surface area contributed by atoms with Crippen LogP contribution in [0.3, 0.4) is 0 Å². The molecule has 0 bridgehead atoms. The summed E-state index contributed by atoms with van der Waals surface area (Å²) < 4.78 is 0. The second-order valence-electron chi connectivity index (χ2n) is 5.18. The van der Waals surface area contributed by atoms with Gasteiger partial charge in [0.25, 0.3) is 0 Å². The lowest BCUT2D eigenvalue weighted by molar-refractivity contribution is -0.138. The van der Waals surface area contributed by atoms with Crippen LogP contribution in [0.4, 0.5) is 0 Å². The van der Waals surface area contributed by atoms with Crippen LogP contribution < -0.4 is 0 Å². The minimum atomic E-state index is -0.781. The third kappa shape index (κ3) is 6.01. The number of hydrogen-bond donors (Lipinski definition) is 1. The lowest BCUT2D eigenvalue weighted by Gasteiger charge is -2.04. The number of benzene rings is 2. The molecule has 3 heteroatoms. The van der Waals surface area contributed by atoms with Crippen molar-refractivity contribution < 1.29 is 9.90 Å². The minimum Gasteiger partial charge on any atom is -0.481 e. The van der Waals surface area contributed by atoms with Gasteiger partial charge in [0.2, 0.25) is 0 Å². The third-order valence-corrected chi connectivity index (χ3v) is 3.42. The molecule has 1 atom stereocenters. The second-order valence-corrected chi connectivity index (χ2v) is 5.62. The molecule has 0 fully saturated rings. The summed E-state index contributed by atoms with van der Waals surface area (Å²) in [6.45, 7) is 6.00. The molecule has 2 aromatic rings. The molecule has 0 spiro atoms. The Balaban J connectivity index is 0.000000211. The highest BCUT2D eigenvalue weighted by molar-refractivity contribution is 6.30. The van der Waals surface area contributed by atoms with Crippen LogP contribution in [0, 0.1) is 0 Å². The van der Waals surface area contributed by atoms with Crippen LogP contribution in [0.5, 0.6) is 0 Å². The Bertz CT molecular complexity index is 564. The molecule has 0 saturated heterocycles. The first kappa shape index (κ1) is 17.3. The molecule has 0 saturated carbocycles. The smallest absolute Gasteiger partial charge is 0.310 e. The Kier molecular flexibility index (Phi) is 6.97. The van der Waals surface area contributed by atoms with E-state index in [0.717, 1.165) is 10.6 Å². The number of carboxylic acid groups (broad SMARTS) is 1. The van der Waals surface area contributed by atoms with E-state index in [1.165, 1.54) is 5.56 Å². The highest BCUT2D eigenvalue weighted by atomic mass is 35.5. The summed E-state index contributed by atoms with van der Waals surface area (Å²) in [5, 5.41) is 9.46. The van der Waals surface area contributed by atoms with E-state index in [9.17, 15) is 4.79 Å². The van der Waals surface area contributed by atoms with Gasteiger partial charge >= 0.3 is 5.97 Å². The molecule has 0 amide bonds. The normalized spacial score (nSPS) is 11.5. The van der Waals surface area contributed by atoms with E-state index in [0.29, 0.717) is 5.92 Å². The molecule has 1 N–H and O–H groups in total. The van der Waals surface area contributed by atoms with Crippen molar-refractivity contribution >= 4 is 17.6 Å². The van der Waals surface area contributed by atoms with E-state index >= 15 is 0 Å². The average molecular weight is 305 g/mol. The van der Waals surface area contributed by atoms with E-state index in [2.05, 4.69) is 19.9 Å². The molecule has 0 aromatic heterocycles. The van der Waals surface area contributed by atoms with E-state index < -0.39 is 11.9 Å². The van der Waals surface area contributed by atoms with Crippen molar-refractivity contribution in [2.24, 2.45) is 0 Å². The topological polar surface area (TPSA) is 37.3 Å². The maximum Gasteiger partial charge on any atom is 0.310 e. The summed E-state index contributed by atoms with van der Waals surface area (Å²) in [6.07, 6.45) is 0. The van der Waals surface area contributed by atoms with Crippen LogP contribution in [0.2, 0.25) is 5.02 Å². The first-order chi connectivity index (χ1) is 9.91. The fourth-order valence-electron chi connectivity index (χ4n) is 1.75. The predicted octanol–water partition coefficient (Wildman–Crippen LogP) is 5.34. The van der Waals surface area contributed by atoms with Crippen molar-refractivity contribution in [3.63, 3.8) is 0 Å². The number of halogens is 1. The summed E-state index contributed by atoms with van der Waals surface area (Å²) in [4.78, 5) is 10.5. The van der Waals surface area contributed by atoms with Gasteiger partial charge in [-0.05, 0) is 36.1 Å². The fourth-order valence-corrected chi connectivity index (χ4v) is 1.95. The number of hydrogen-bond acceptors (Lipinski definition) is 1. The van der Waals surface area contributed by atoms with Gasteiger partial charge < -0.3 is 5.11 Å². The number of aliphatic carboxylic acids is 1. The van der Waals surface area contributed by atoms with Crippen LogP contribution in [-0.4, -0.2) is 11.1 Å². The molecule has 0 aliphatic carbocycles. The first-order valence-electron chi connectivity index (χ1n) is 6.95. The van der Waals surface area contributed by atoms with Crippen molar-refractivity contribution in [1.82, 2.24) is 0 Å². The van der Waals surface area contributed by atoms with Gasteiger partial charge in [-0.2, -0.15) is 0 Å². The molecule has 0 aliphatic rings. The second kappa shape index (κ2) is 8.48. The van der Waals surface area contributed by atoms with Gasteiger partial charge in [-0.1, -0.05) is 67.9 Å². The van der Waals surface area contributed by atoms with Gasteiger partial charge in [0, 0.05) is 5.02 Å². The quantitative estimate of drug-likeness (QED) is 0.831. The SMILES string of the molecule is CC(C)c1cccc(Cl)c1.C[C@@H](C(=O)O)c1ccccc1. The summed E-state index contributed by atoms with van der Waals surface area (Å²) in [7, 11) is 0. The number of rotatable bonds is 3. The maximum atomic E-state index is 10.5. The fraction of sp³-hybridized carbons (Fsp3) is 0.278. The Morgan fingerprint density at radius 2 is 1.52 bits per heavy atom. The summed E-state index contributed by atoms with van der Waals surface area (Å²) in [5.74, 6) is -0.619. The highest BCUT2D eigenvalue weighted by Gasteiger charge is 2.11. The Labute approximate surface area is 131 Å². The lowest BCUT2D eigenvalue weighted by Crippen LogP contribution is -2.06. The van der Waals surface area contributed by atoms with Gasteiger partial charge in [-0.25, -0.2) is 0 Å². The van der Waals surface area contributed by atoms with Crippen molar-refractivity contribution in [3.05, 3.63) is 70.7 Å². The van der Waals surface area contributed by atoms with Gasteiger partial charge in [0.05, 0.1) is 5.92 Å². The Hall–Kier alpha value is -1.80. The van der Waals surface area contributed by atoms with E-state index in [1.807, 2.05) is 48.5 Å². The molecule has 2 rings (SSSR count). The molecule has 0 heterocycles. The van der Waals surface area contributed by atoms with Crippen LogP contribution >= 0.6 is 11.6 Å². The van der Waals surface area contributed by atoms with Gasteiger partial charge in [0.15, 0.2) is 0 Å². The van der Waals surface area contributed by atoms with Gasteiger partial charge in [-0.3, -0.25) is 4.79 Å². The summed E-state index contributed by atoms with van der Waals surface area (Å²) >= 11 is 5.79. The third-order valence-electron chi connectivity index (χ3n) is 3.19. The lowest BCUT2D eigenvalue weighted by atomic mass is 10.0. The molecule has 0 unspecified atom stereocenters. The maximum absolute atomic E-state index is 10.5. The summed E-state index contributed by atoms with van der Waals surface area (Å²) in [6, 6.07) is 17.2. The van der Waals surface area contributed by atoms with Crippen LogP contribution in [-0.2, 0) is 4.79 Å². The predicted molar refractivity (Wildman–Crippen MR) is 88.0 cm³/mol. The van der Waals surface area contributed by atoms with Crippen LogP contribution in [0.25, 0.3) is 0 Å². The van der Waals surface area contributed by atoms with Crippen molar-refractivity contribution in [1.29, 1.82) is 0 Å². The Morgan fingerprint density at radius 3 is 1.95 bits per heavy atom. The molecular formula is C18H21ClO2. The minimum absolute atomic E-state index is 0.406. The van der Waals surface area contributed by atoms with Crippen LogP contribution in [0.15, 0.2) is 54.6 Å². The molecule has 21 heavy (non-hydrogen) atoms. The van der Waals surface area contributed by atoms with Crippen molar-refractivity contribution in [2.75, 3.05) is 0 Å². The zero-order chi connectivity index (χ0) is 15.8. The molecule has 2 aromatic carbocycles. The first-order valence-corrected chi connectivity index (χ1v) is 7.32. The highest BCUT2D eigenvalue weighted by Crippen LogP contribution is 2.18. The number of carbonyl (C=O) groups is 1. The monoisotopic (exact) mass is 304 g/mol. The van der Waals surface area contributed by atoms with E-state index in [1.54, 1.807) is 6.92 Å². The standard InChI is InChI=1S/C9H11Cl.C9H10O2/c1-7(2)8-4-3-5-9(10)6-8;1-7(9(10)11)8-5-3-2-4-6-8/h3-7H,1-2H3;2-7H,1H3,(H,10,11)/t;7-/m.1/s1. The van der Waals surface area contributed by atoms with E-state index in [-0.39, 0.29) is 0 Å². The summed E-state index contributed by atoms with van der Waals surface area (Å²) in [5.41, 5.74) is 2.15. The van der Waals surface area contributed by atoms with Crippen molar-refractivity contribution in [3.8, 4) is 0 Å². The molecular weight excluding hydrogens is 284 g/mol.